The van der Waals surface area contributed by atoms with Gasteiger partial charge in [-0.2, -0.15) is 0 Å². The summed E-state index contributed by atoms with van der Waals surface area (Å²) in [6, 6.07) is 2.39. The van der Waals surface area contributed by atoms with Crippen molar-refractivity contribution in [2.45, 2.75) is 32.1 Å². The van der Waals surface area contributed by atoms with Crippen molar-refractivity contribution in [1.29, 1.82) is 0 Å². The van der Waals surface area contributed by atoms with E-state index in [1.807, 2.05) is 0 Å². The molecule has 0 radical (unpaired) electrons. The average Bonchev–Trinajstić information content (AvgIpc) is 2.86. The van der Waals surface area contributed by atoms with Crippen LogP contribution in [0.5, 0.6) is 0 Å². The molecule has 3 atom stereocenters. The molecule has 2 heteroatoms. The molecule has 1 aliphatic carbocycles. The number of hydrogen-bond donors (Lipinski definition) is 1. The summed E-state index contributed by atoms with van der Waals surface area (Å²) in [6.45, 7) is 4.58. The summed E-state index contributed by atoms with van der Waals surface area (Å²) in [5.74, 6) is 1.83. The normalized spacial score (nSPS) is 26.1. The molecule has 14 heavy (non-hydrogen) atoms. The van der Waals surface area contributed by atoms with Crippen molar-refractivity contribution >= 4 is 8.58 Å². The van der Waals surface area contributed by atoms with Crippen LogP contribution < -0.4 is 0 Å². The summed E-state index contributed by atoms with van der Waals surface area (Å²) in [7, 11) is 1.08. The lowest BCUT2D eigenvalue weighted by Gasteiger charge is -1.93. The molecule has 1 aliphatic rings. The fraction of sp³-hybridized carbons (Fsp3) is 0.667. The SMILES string of the molecule is CCC1CC1c1cc(CCPC)c[nH]1. The molecule has 1 nitrogen and oxygen atoms in total. The van der Waals surface area contributed by atoms with Crippen LogP contribution in [0.3, 0.4) is 0 Å². The third-order valence-corrected chi connectivity index (χ3v) is 4.03. The van der Waals surface area contributed by atoms with Gasteiger partial charge in [0.25, 0.3) is 0 Å². The van der Waals surface area contributed by atoms with Crippen molar-refractivity contribution in [3.8, 4) is 0 Å². The highest BCUT2D eigenvalue weighted by Gasteiger charge is 2.37. The first-order valence-electron chi connectivity index (χ1n) is 5.67. The van der Waals surface area contributed by atoms with Crippen LogP contribution >= 0.6 is 8.58 Å². The van der Waals surface area contributed by atoms with Gasteiger partial charge in [-0.15, -0.1) is 8.58 Å². The van der Waals surface area contributed by atoms with Crippen molar-refractivity contribution in [2.75, 3.05) is 12.8 Å². The van der Waals surface area contributed by atoms with Crippen molar-refractivity contribution in [3.63, 3.8) is 0 Å². The fourth-order valence-corrected chi connectivity index (χ4v) is 2.71. The molecule has 1 aromatic heterocycles. The average molecular weight is 209 g/mol. The van der Waals surface area contributed by atoms with E-state index in [9.17, 15) is 0 Å². The first-order valence-corrected chi connectivity index (χ1v) is 7.37. The van der Waals surface area contributed by atoms with Crippen molar-refractivity contribution in [2.24, 2.45) is 5.92 Å². The van der Waals surface area contributed by atoms with Gasteiger partial charge in [0, 0.05) is 17.8 Å². The lowest BCUT2D eigenvalue weighted by molar-refractivity contribution is 0.759. The van der Waals surface area contributed by atoms with E-state index < -0.39 is 0 Å². The number of hydrogen-bond acceptors (Lipinski definition) is 0. The molecular weight excluding hydrogens is 189 g/mol. The second-order valence-corrected chi connectivity index (χ2v) is 5.53. The lowest BCUT2D eigenvalue weighted by Crippen LogP contribution is -1.83. The first-order chi connectivity index (χ1) is 6.85. The Bertz CT molecular complexity index is 292. The zero-order chi connectivity index (χ0) is 9.97. The Kier molecular flexibility index (Phi) is 3.28. The highest BCUT2D eigenvalue weighted by molar-refractivity contribution is 7.36. The van der Waals surface area contributed by atoms with E-state index in [4.69, 9.17) is 0 Å². The summed E-state index contributed by atoms with van der Waals surface area (Å²) >= 11 is 0. The molecule has 1 saturated carbocycles. The Labute approximate surface area is 88.5 Å². The van der Waals surface area contributed by atoms with Gasteiger partial charge in [-0.25, -0.2) is 0 Å². The molecule has 1 fully saturated rings. The maximum atomic E-state index is 3.44. The third-order valence-electron chi connectivity index (χ3n) is 3.28. The Balaban J connectivity index is 1.90. The molecule has 78 valence electrons. The predicted molar refractivity (Wildman–Crippen MR) is 64.7 cm³/mol. The van der Waals surface area contributed by atoms with Crippen LogP contribution in [0.4, 0.5) is 0 Å². The summed E-state index contributed by atoms with van der Waals surface area (Å²) < 4.78 is 0. The standard InChI is InChI=1S/C12H20NP/c1-3-10-7-11(10)12-6-9(8-13-12)4-5-14-2/h6,8,10-11,13-14H,3-5,7H2,1-2H3. The quantitative estimate of drug-likeness (QED) is 0.715. The number of aromatic amines is 1. The molecule has 1 heterocycles. The van der Waals surface area contributed by atoms with E-state index in [1.165, 1.54) is 36.7 Å². The first kappa shape index (κ1) is 10.2. The number of aryl methyl sites for hydroxylation is 1. The van der Waals surface area contributed by atoms with Gasteiger partial charge in [0.05, 0.1) is 0 Å². The molecule has 3 unspecified atom stereocenters. The van der Waals surface area contributed by atoms with E-state index in [-0.39, 0.29) is 0 Å². The van der Waals surface area contributed by atoms with Gasteiger partial charge in [-0.05, 0) is 43.2 Å². The molecule has 1 aromatic rings. The monoisotopic (exact) mass is 209 g/mol. The summed E-state index contributed by atoms with van der Waals surface area (Å²) in [6.07, 6.45) is 7.57. The molecule has 0 amide bonds. The topological polar surface area (TPSA) is 15.8 Å². The number of aromatic nitrogens is 1. The van der Waals surface area contributed by atoms with Crippen LogP contribution in [0.25, 0.3) is 0 Å². The molecule has 0 aromatic carbocycles. The third kappa shape index (κ3) is 2.20. The maximum absolute atomic E-state index is 3.44. The van der Waals surface area contributed by atoms with E-state index >= 15 is 0 Å². The van der Waals surface area contributed by atoms with E-state index in [0.717, 1.165) is 20.4 Å². The maximum Gasteiger partial charge on any atom is 0.0184 e. The Hall–Kier alpha value is -0.290. The van der Waals surface area contributed by atoms with E-state index in [1.54, 1.807) is 0 Å². The van der Waals surface area contributed by atoms with Gasteiger partial charge >= 0.3 is 0 Å². The van der Waals surface area contributed by atoms with Gasteiger partial charge in [-0.3, -0.25) is 0 Å². The smallest absolute Gasteiger partial charge is 0.0184 e. The molecular formula is C12H20NP. The van der Waals surface area contributed by atoms with Crippen LogP contribution in [0.15, 0.2) is 12.3 Å². The minimum absolute atomic E-state index is 0.859. The second kappa shape index (κ2) is 4.49. The Morgan fingerprint density at radius 3 is 3.07 bits per heavy atom. The van der Waals surface area contributed by atoms with E-state index in [2.05, 4.69) is 30.8 Å². The van der Waals surface area contributed by atoms with Gasteiger partial charge in [0.1, 0.15) is 0 Å². The summed E-state index contributed by atoms with van der Waals surface area (Å²) in [5.41, 5.74) is 3.00. The molecule has 0 bridgehead atoms. The Morgan fingerprint density at radius 1 is 1.57 bits per heavy atom. The molecule has 0 spiro atoms. The highest BCUT2D eigenvalue weighted by Crippen LogP contribution is 2.48. The molecule has 2 rings (SSSR count). The minimum atomic E-state index is 0.859. The van der Waals surface area contributed by atoms with Crippen LogP contribution in [0.2, 0.25) is 0 Å². The summed E-state index contributed by atoms with van der Waals surface area (Å²) in [5, 5.41) is 0. The van der Waals surface area contributed by atoms with Gasteiger partial charge in [0.2, 0.25) is 0 Å². The zero-order valence-corrected chi connectivity index (χ0v) is 10.1. The largest absolute Gasteiger partial charge is 0.364 e. The van der Waals surface area contributed by atoms with Gasteiger partial charge in [0.15, 0.2) is 0 Å². The fourth-order valence-electron chi connectivity index (χ4n) is 2.17. The van der Waals surface area contributed by atoms with Crippen molar-refractivity contribution in [3.05, 3.63) is 23.5 Å². The summed E-state index contributed by atoms with van der Waals surface area (Å²) in [4.78, 5) is 3.44. The second-order valence-electron chi connectivity index (χ2n) is 4.33. The van der Waals surface area contributed by atoms with Crippen LogP contribution in [-0.4, -0.2) is 17.8 Å². The number of H-pyrrole nitrogens is 1. The highest BCUT2D eigenvalue weighted by atomic mass is 31.1. The number of nitrogens with one attached hydrogen (secondary N) is 1. The Morgan fingerprint density at radius 2 is 2.43 bits per heavy atom. The van der Waals surface area contributed by atoms with Gasteiger partial charge < -0.3 is 4.98 Å². The number of rotatable bonds is 5. The van der Waals surface area contributed by atoms with Crippen molar-refractivity contribution in [1.82, 2.24) is 4.98 Å². The lowest BCUT2D eigenvalue weighted by atomic mass is 10.2. The van der Waals surface area contributed by atoms with Crippen LogP contribution in [0.1, 0.15) is 36.9 Å². The van der Waals surface area contributed by atoms with Crippen LogP contribution in [-0.2, 0) is 6.42 Å². The molecule has 0 aliphatic heterocycles. The van der Waals surface area contributed by atoms with Crippen molar-refractivity contribution < 1.29 is 0 Å². The molecule has 1 N–H and O–H groups in total. The predicted octanol–water partition coefficient (Wildman–Crippen LogP) is 3.38. The van der Waals surface area contributed by atoms with Crippen LogP contribution in [0, 0.1) is 5.92 Å². The zero-order valence-electron chi connectivity index (χ0n) is 9.14. The van der Waals surface area contributed by atoms with Gasteiger partial charge in [-0.1, -0.05) is 13.3 Å². The molecule has 0 saturated heterocycles. The minimum Gasteiger partial charge on any atom is -0.364 e. The van der Waals surface area contributed by atoms with E-state index in [0.29, 0.717) is 0 Å².